The van der Waals surface area contributed by atoms with E-state index in [0.717, 1.165) is 50.6 Å². The second-order valence-corrected chi connectivity index (χ2v) is 19.9. The molecule has 1 aliphatic carbocycles. The van der Waals surface area contributed by atoms with Gasteiger partial charge < -0.3 is 24.8 Å². The predicted molar refractivity (Wildman–Crippen MR) is 253 cm³/mol. The lowest BCUT2D eigenvalue weighted by Crippen LogP contribution is -2.51. The number of amides is 1. The maximum Gasteiger partial charge on any atom is 0.238 e. The first kappa shape index (κ1) is 43.8. The highest BCUT2D eigenvalue weighted by molar-refractivity contribution is 7.85. The molecular weight excluding hydrogens is 886 g/mol. The van der Waals surface area contributed by atoms with Crippen LogP contribution in [0.15, 0.2) is 107 Å². The topological polar surface area (TPSA) is 126 Å². The van der Waals surface area contributed by atoms with E-state index >= 15 is 0 Å². The van der Waals surface area contributed by atoms with Gasteiger partial charge in [0, 0.05) is 19.6 Å². The molecule has 3 atom stereocenters. The molecule has 0 saturated heterocycles. The highest BCUT2D eigenvalue weighted by atomic mass is 35.5. The minimum absolute atomic E-state index is 0.186. The van der Waals surface area contributed by atoms with Gasteiger partial charge in [-0.3, -0.25) is 4.79 Å². The van der Waals surface area contributed by atoms with Crippen LogP contribution in [0.1, 0.15) is 70.9 Å². The quantitative estimate of drug-likeness (QED) is 0.111. The summed E-state index contributed by atoms with van der Waals surface area (Å²) >= 11 is 13.6. The molecule has 3 aliphatic rings. The molecule has 1 fully saturated rings. The summed E-state index contributed by atoms with van der Waals surface area (Å²) in [5, 5.41) is 17.6. The first-order chi connectivity index (χ1) is 31.2. The van der Waals surface area contributed by atoms with Crippen molar-refractivity contribution in [1.82, 2.24) is 14.6 Å². The average molecular weight is 933 g/mol. The first-order valence-electron chi connectivity index (χ1n) is 21.6. The fourth-order valence-corrected chi connectivity index (χ4v) is 11.5. The lowest BCUT2D eigenvalue weighted by atomic mass is 9.94. The first-order valence-corrected chi connectivity index (χ1v) is 24.2. The molecule has 14 heteroatoms. The third-order valence-electron chi connectivity index (χ3n) is 12.1. The van der Waals surface area contributed by atoms with Gasteiger partial charge in [0.25, 0.3) is 0 Å². The zero-order valence-electron chi connectivity index (χ0n) is 35.3. The van der Waals surface area contributed by atoms with Crippen molar-refractivity contribution in [3.8, 4) is 34.4 Å². The highest BCUT2D eigenvalue weighted by Gasteiger charge is 2.38. The van der Waals surface area contributed by atoms with Crippen molar-refractivity contribution < 1.29 is 23.2 Å². The standard InChI is InChI=1S/C50H47Cl2N5O5S2/c1-31-49(63-50(56-31)55-27-34-4-2-3-5-34)64(59)57-28-40-25-46-45(61-30-47(62-46)38-15-17-41(18-16-38)60-29-35-10-19-42(51)43(52)22-35)24-39(40)23-44(57)48(58)54-21-20-32-6-11-36(12-7-32)37-13-8-33(26-53)9-14-37/h6-19,22,24-25,34,44,47H,2-5,20-21,23,27-30H2,1H3,(H,54,58)(H,55,56). The Morgan fingerprint density at radius 1 is 0.922 bits per heavy atom. The number of carbonyl (C=O) groups excluding carboxylic acids is 1. The van der Waals surface area contributed by atoms with E-state index in [4.69, 9.17) is 47.7 Å². The minimum atomic E-state index is -1.67. The molecule has 2 N–H and O–H groups in total. The average Bonchev–Trinajstić information content (AvgIpc) is 3.99. The Bertz CT molecular complexity index is 2700. The number of aromatic nitrogens is 1. The SMILES string of the molecule is Cc1nc(NCC2CCCC2)sc1S(=O)N1Cc2cc3c(cc2CC1C(=O)NCCc1ccc(-c2ccc(C#N)cc2)cc1)OCC(c1ccc(OCc2ccc(Cl)c(Cl)c2)cc1)O3. The van der Waals surface area contributed by atoms with E-state index in [2.05, 4.69) is 41.0 Å². The van der Waals surface area contributed by atoms with Crippen molar-refractivity contribution in [3.05, 3.63) is 152 Å². The maximum atomic E-state index is 14.7. The smallest absolute Gasteiger partial charge is 0.238 e. The van der Waals surface area contributed by atoms with Crippen LogP contribution in [0.25, 0.3) is 11.1 Å². The zero-order valence-corrected chi connectivity index (χ0v) is 38.4. The number of aryl methyl sites for hydroxylation is 1. The van der Waals surface area contributed by atoms with Crippen molar-refractivity contribution in [1.29, 1.82) is 5.26 Å². The van der Waals surface area contributed by atoms with Crippen molar-refractivity contribution in [2.24, 2.45) is 5.92 Å². The number of nitrogens with zero attached hydrogens (tertiary/aromatic N) is 3. The van der Waals surface area contributed by atoms with Crippen LogP contribution in [0.2, 0.25) is 10.0 Å². The number of rotatable bonds is 14. The van der Waals surface area contributed by atoms with Gasteiger partial charge in [0.05, 0.1) is 27.4 Å². The van der Waals surface area contributed by atoms with Crippen LogP contribution in [0.5, 0.6) is 17.2 Å². The fraction of sp³-hybridized carbons (Fsp3) is 0.300. The van der Waals surface area contributed by atoms with Gasteiger partial charge in [0.15, 0.2) is 22.7 Å². The van der Waals surface area contributed by atoms with Gasteiger partial charge >= 0.3 is 0 Å². The summed E-state index contributed by atoms with van der Waals surface area (Å²) < 4.78 is 36.0. The van der Waals surface area contributed by atoms with E-state index < -0.39 is 17.0 Å². The number of fused-ring (bicyclic) bond motifs is 2. The third kappa shape index (κ3) is 10.1. The molecule has 1 saturated carbocycles. The van der Waals surface area contributed by atoms with E-state index in [1.165, 1.54) is 37.0 Å². The summed E-state index contributed by atoms with van der Waals surface area (Å²) in [6.07, 6.45) is 5.57. The third-order valence-corrected chi connectivity index (χ3v) is 15.9. The number of nitrogens with one attached hydrogen (secondary N) is 2. The molecule has 10 nitrogen and oxygen atoms in total. The molecule has 6 aromatic rings. The van der Waals surface area contributed by atoms with Gasteiger partial charge in [0.1, 0.15) is 40.2 Å². The summed E-state index contributed by atoms with van der Waals surface area (Å²) in [4.78, 5) is 19.0. The van der Waals surface area contributed by atoms with Crippen LogP contribution in [0.3, 0.4) is 0 Å². The second kappa shape index (κ2) is 19.8. The number of carbonyl (C=O) groups is 1. The van der Waals surface area contributed by atoms with E-state index in [0.29, 0.717) is 81.3 Å². The summed E-state index contributed by atoms with van der Waals surface area (Å²) in [6.45, 7) is 4.09. The largest absolute Gasteiger partial charge is 0.489 e. The molecule has 64 heavy (non-hydrogen) atoms. The Labute approximate surface area is 390 Å². The molecule has 9 rings (SSSR count). The molecule has 0 bridgehead atoms. The zero-order chi connectivity index (χ0) is 44.2. The number of hydrogen-bond acceptors (Lipinski definition) is 9. The molecular formula is C50H47Cl2N5O5S2. The van der Waals surface area contributed by atoms with E-state index in [1.54, 1.807) is 16.4 Å². The van der Waals surface area contributed by atoms with E-state index in [-0.39, 0.29) is 18.6 Å². The number of benzene rings is 5. The van der Waals surface area contributed by atoms with Crippen molar-refractivity contribution in [2.45, 2.75) is 75.0 Å². The second-order valence-electron chi connectivity index (χ2n) is 16.5. The Morgan fingerprint density at radius 3 is 2.38 bits per heavy atom. The number of anilines is 1. The van der Waals surface area contributed by atoms with Crippen molar-refractivity contribution >= 4 is 56.6 Å². The number of hydrogen-bond donors (Lipinski definition) is 2. The Morgan fingerprint density at radius 2 is 1.64 bits per heavy atom. The number of nitriles is 1. The molecule has 3 unspecified atom stereocenters. The van der Waals surface area contributed by atoms with Gasteiger partial charge in [0.2, 0.25) is 5.91 Å². The monoisotopic (exact) mass is 931 g/mol. The molecule has 1 aromatic heterocycles. The van der Waals surface area contributed by atoms with Gasteiger partial charge in [-0.2, -0.15) is 5.26 Å². The fourth-order valence-electron chi connectivity index (χ4n) is 8.49. The highest BCUT2D eigenvalue weighted by Crippen LogP contribution is 2.42. The van der Waals surface area contributed by atoms with Gasteiger partial charge in [-0.1, -0.05) is 102 Å². The summed E-state index contributed by atoms with van der Waals surface area (Å²) in [7, 11) is -1.67. The van der Waals surface area contributed by atoms with Gasteiger partial charge in [-0.25, -0.2) is 13.5 Å². The minimum Gasteiger partial charge on any atom is -0.489 e. The molecule has 0 radical (unpaired) electrons. The van der Waals surface area contributed by atoms with E-state index in [1.807, 2.05) is 73.7 Å². The summed E-state index contributed by atoms with van der Waals surface area (Å²) in [5.74, 6) is 2.36. The van der Waals surface area contributed by atoms with Crippen LogP contribution in [0, 0.1) is 24.2 Å². The molecule has 2 aliphatic heterocycles. The Balaban J connectivity index is 0.894. The van der Waals surface area contributed by atoms with Crippen LogP contribution in [-0.4, -0.2) is 45.1 Å². The van der Waals surface area contributed by atoms with Gasteiger partial charge in [-0.15, -0.1) is 0 Å². The van der Waals surface area contributed by atoms with Crippen molar-refractivity contribution in [2.75, 3.05) is 25.0 Å². The Hall–Kier alpha value is -5.42. The van der Waals surface area contributed by atoms with Crippen molar-refractivity contribution in [3.63, 3.8) is 0 Å². The lowest BCUT2D eigenvalue weighted by molar-refractivity contribution is -0.125. The lowest BCUT2D eigenvalue weighted by Gasteiger charge is -2.36. The number of halogens is 2. The molecule has 5 aromatic carbocycles. The maximum absolute atomic E-state index is 14.7. The van der Waals surface area contributed by atoms with Gasteiger partial charge in [-0.05, 0) is 126 Å². The van der Waals surface area contributed by atoms with Crippen LogP contribution in [-0.2, 0) is 41.8 Å². The summed E-state index contributed by atoms with van der Waals surface area (Å²) in [6, 6.07) is 34.3. The molecule has 1 amide bonds. The van der Waals surface area contributed by atoms with Crippen LogP contribution >= 0.6 is 34.5 Å². The summed E-state index contributed by atoms with van der Waals surface area (Å²) in [5.41, 5.74) is 8.21. The molecule has 0 spiro atoms. The predicted octanol–water partition coefficient (Wildman–Crippen LogP) is 10.8. The molecule has 3 heterocycles. The number of ether oxygens (including phenoxy) is 3. The Kier molecular flexibility index (Phi) is 13.5. The van der Waals surface area contributed by atoms with Crippen LogP contribution in [0.4, 0.5) is 5.13 Å². The van der Waals surface area contributed by atoms with E-state index in [9.17, 15) is 9.00 Å². The normalized spacial score (nSPS) is 17.6. The number of thiazole rings is 1. The molecule has 328 valence electrons. The van der Waals surface area contributed by atoms with Crippen LogP contribution < -0.4 is 24.8 Å².